The Morgan fingerprint density at radius 2 is 2.25 bits per heavy atom. The first-order chi connectivity index (χ1) is 5.42. The molecule has 0 saturated carbocycles. The van der Waals surface area contributed by atoms with Gasteiger partial charge in [-0.1, -0.05) is 28.1 Å². The van der Waals surface area contributed by atoms with Gasteiger partial charge in [-0.2, -0.15) is 0 Å². The van der Waals surface area contributed by atoms with Crippen LogP contribution in [0.3, 0.4) is 0 Å². The number of benzene rings is 1. The highest BCUT2D eigenvalue weighted by atomic mass is 79.9. The van der Waals surface area contributed by atoms with Crippen LogP contribution >= 0.6 is 28.3 Å². The number of aromatic nitrogens is 2. The molecule has 4 heteroatoms. The average molecular weight is 248 g/mol. The molecule has 1 aromatic heterocycles. The zero-order valence-corrected chi connectivity index (χ0v) is 8.65. The standard InChI is InChI=1S/C8H7BrN2.ClH/c9-4-6-2-1-3-7-8(6)11-5-10-7;/h1-3,5H,4H2,(H,10,11);1H. The summed E-state index contributed by atoms with van der Waals surface area (Å²) in [6, 6.07) is 6.11. The molecule has 0 spiro atoms. The Morgan fingerprint density at radius 1 is 1.42 bits per heavy atom. The van der Waals surface area contributed by atoms with Gasteiger partial charge in [0.1, 0.15) is 0 Å². The van der Waals surface area contributed by atoms with Crippen molar-refractivity contribution < 1.29 is 0 Å². The molecule has 12 heavy (non-hydrogen) atoms. The van der Waals surface area contributed by atoms with E-state index >= 15 is 0 Å². The molecule has 1 aromatic carbocycles. The van der Waals surface area contributed by atoms with Crippen molar-refractivity contribution in [2.75, 3.05) is 0 Å². The summed E-state index contributed by atoms with van der Waals surface area (Å²) < 4.78 is 0. The molecule has 0 unspecified atom stereocenters. The predicted molar refractivity (Wildman–Crippen MR) is 56.0 cm³/mol. The van der Waals surface area contributed by atoms with Crippen LogP contribution in [-0.4, -0.2) is 9.97 Å². The summed E-state index contributed by atoms with van der Waals surface area (Å²) in [7, 11) is 0. The lowest BCUT2D eigenvalue weighted by atomic mass is 10.2. The maximum atomic E-state index is 4.20. The monoisotopic (exact) mass is 246 g/mol. The summed E-state index contributed by atoms with van der Waals surface area (Å²) in [6.07, 6.45) is 1.72. The zero-order chi connectivity index (χ0) is 7.68. The van der Waals surface area contributed by atoms with Crippen molar-refractivity contribution in [2.45, 2.75) is 5.33 Å². The molecule has 0 atom stereocenters. The third-order valence-corrected chi connectivity index (χ3v) is 2.28. The molecular formula is C8H8BrClN2. The fourth-order valence-electron chi connectivity index (χ4n) is 1.13. The van der Waals surface area contributed by atoms with E-state index in [-0.39, 0.29) is 12.4 Å². The van der Waals surface area contributed by atoms with Crippen LogP contribution in [0.4, 0.5) is 0 Å². The maximum Gasteiger partial charge on any atom is 0.0932 e. The number of nitrogens with zero attached hydrogens (tertiary/aromatic N) is 1. The number of fused-ring (bicyclic) bond motifs is 1. The van der Waals surface area contributed by atoms with Crippen LogP contribution in [0.15, 0.2) is 24.5 Å². The number of alkyl halides is 1. The molecule has 1 heterocycles. The van der Waals surface area contributed by atoms with Crippen molar-refractivity contribution in [2.24, 2.45) is 0 Å². The molecule has 2 aromatic rings. The van der Waals surface area contributed by atoms with E-state index in [9.17, 15) is 0 Å². The zero-order valence-electron chi connectivity index (χ0n) is 6.25. The van der Waals surface area contributed by atoms with Gasteiger partial charge < -0.3 is 4.98 Å². The van der Waals surface area contributed by atoms with E-state index in [4.69, 9.17) is 0 Å². The van der Waals surface area contributed by atoms with Crippen LogP contribution in [-0.2, 0) is 5.33 Å². The maximum absolute atomic E-state index is 4.20. The smallest absolute Gasteiger partial charge is 0.0932 e. The molecule has 2 nitrogen and oxygen atoms in total. The molecule has 0 radical (unpaired) electrons. The van der Waals surface area contributed by atoms with Gasteiger partial charge in [-0.3, -0.25) is 0 Å². The number of rotatable bonds is 1. The first-order valence-corrected chi connectivity index (χ1v) is 4.51. The van der Waals surface area contributed by atoms with Crippen molar-refractivity contribution in [1.29, 1.82) is 0 Å². The highest BCUT2D eigenvalue weighted by Gasteiger charge is 1.99. The van der Waals surface area contributed by atoms with E-state index in [1.807, 2.05) is 12.1 Å². The van der Waals surface area contributed by atoms with Crippen molar-refractivity contribution in [1.82, 2.24) is 9.97 Å². The highest BCUT2D eigenvalue weighted by molar-refractivity contribution is 9.08. The minimum absolute atomic E-state index is 0. The number of hydrogen-bond donors (Lipinski definition) is 1. The van der Waals surface area contributed by atoms with Crippen LogP contribution in [0.2, 0.25) is 0 Å². The molecule has 2 rings (SSSR count). The van der Waals surface area contributed by atoms with E-state index in [0.29, 0.717) is 0 Å². The predicted octanol–water partition coefficient (Wildman–Crippen LogP) is 2.88. The van der Waals surface area contributed by atoms with Crippen molar-refractivity contribution in [3.63, 3.8) is 0 Å². The third-order valence-electron chi connectivity index (χ3n) is 1.68. The lowest BCUT2D eigenvalue weighted by Crippen LogP contribution is -1.78. The number of aromatic amines is 1. The van der Waals surface area contributed by atoms with Crippen LogP contribution < -0.4 is 0 Å². The van der Waals surface area contributed by atoms with E-state index in [1.165, 1.54) is 5.56 Å². The molecular weight excluding hydrogens is 239 g/mol. The van der Waals surface area contributed by atoms with Gasteiger partial charge in [0.2, 0.25) is 0 Å². The summed E-state index contributed by atoms with van der Waals surface area (Å²) in [5.41, 5.74) is 3.38. The molecule has 1 N–H and O–H groups in total. The van der Waals surface area contributed by atoms with Gasteiger partial charge in [-0.25, -0.2) is 4.98 Å². The first-order valence-electron chi connectivity index (χ1n) is 3.39. The molecule has 0 aliphatic heterocycles. The Kier molecular flexibility index (Phi) is 3.12. The minimum atomic E-state index is 0. The second-order valence-electron chi connectivity index (χ2n) is 2.35. The SMILES string of the molecule is BrCc1cccc2[nH]cnc12.Cl. The molecule has 0 amide bonds. The van der Waals surface area contributed by atoms with Gasteiger partial charge in [0.05, 0.1) is 17.4 Å². The Bertz CT molecular complexity index is 372. The summed E-state index contributed by atoms with van der Waals surface area (Å²) in [5, 5.41) is 0.856. The van der Waals surface area contributed by atoms with Crippen molar-refractivity contribution >= 4 is 39.4 Å². The fraction of sp³-hybridized carbons (Fsp3) is 0.125. The lowest BCUT2D eigenvalue weighted by molar-refractivity contribution is 1.33. The van der Waals surface area contributed by atoms with Gasteiger partial charge in [0.25, 0.3) is 0 Å². The van der Waals surface area contributed by atoms with E-state index in [1.54, 1.807) is 6.33 Å². The molecule has 0 aliphatic rings. The van der Waals surface area contributed by atoms with Gasteiger partial charge in [-0.05, 0) is 11.6 Å². The van der Waals surface area contributed by atoms with Crippen LogP contribution in [0, 0.1) is 0 Å². The number of nitrogens with one attached hydrogen (secondary N) is 1. The Hall–Kier alpha value is -0.540. The average Bonchev–Trinajstić information content (AvgIpc) is 2.50. The van der Waals surface area contributed by atoms with Gasteiger partial charge in [0.15, 0.2) is 0 Å². The van der Waals surface area contributed by atoms with E-state index in [2.05, 4.69) is 32.0 Å². The molecule has 0 bridgehead atoms. The summed E-state index contributed by atoms with van der Waals surface area (Å²) >= 11 is 3.41. The molecule has 0 saturated heterocycles. The van der Waals surface area contributed by atoms with E-state index in [0.717, 1.165) is 16.4 Å². The normalized spacial score (nSPS) is 9.75. The minimum Gasteiger partial charge on any atom is -0.345 e. The lowest BCUT2D eigenvalue weighted by Gasteiger charge is -1.94. The van der Waals surface area contributed by atoms with Crippen molar-refractivity contribution in [3.8, 4) is 0 Å². The second kappa shape index (κ2) is 3.92. The third kappa shape index (κ3) is 1.47. The highest BCUT2D eigenvalue weighted by Crippen LogP contribution is 2.16. The van der Waals surface area contributed by atoms with Gasteiger partial charge in [-0.15, -0.1) is 12.4 Å². The summed E-state index contributed by atoms with van der Waals surface area (Å²) in [5.74, 6) is 0. The van der Waals surface area contributed by atoms with Gasteiger partial charge >= 0.3 is 0 Å². The first kappa shape index (κ1) is 9.55. The Balaban J connectivity index is 0.000000720. The molecule has 64 valence electrons. The summed E-state index contributed by atoms with van der Waals surface area (Å²) in [4.78, 5) is 7.27. The Morgan fingerprint density at radius 3 is 3.00 bits per heavy atom. The van der Waals surface area contributed by atoms with Crippen molar-refractivity contribution in [3.05, 3.63) is 30.1 Å². The Labute approximate surface area is 84.9 Å². The largest absolute Gasteiger partial charge is 0.345 e. The number of para-hydroxylation sites is 1. The quantitative estimate of drug-likeness (QED) is 0.771. The van der Waals surface area contributed by atoms with Crippen LogP contribution in [0.25, 0.3) is 11.0 Å². The number of H-pyrrole nitrogens is 1. The number of imidazole rings is 1. The molecule has 0 aliphatic carbocycles. The fourth-order valence-corrected chi connectivity index (χ4v) is 1.59. The number of hydrogen-bond acceptors (Lipinski definition) is 1. The van der Waals surface area contributed by atoms with Crippen LogP contribution in [0.1, 0.15) is 5.56 Å². The molecule has 0 fully saturated rings. The summed E-state index contributed by atoms with van der Waals surface area (Å²) in [6.45, 7) is 0. The number of halogens is 2. The topological polar surface area (TPSA) is 28.7 Å². The second-order valence-corrected chi connectivity index (χ2v) is 2.91. The van der Waals surface area contributed by atoms with Gasteiger partial charge in [0, 0.05) is 5.33 Å². The van der Waals surface area contributed by atoms with Crippen LogP contribution in [0.5, 0.6) is 0 Å². The van der Waals surface area contributed by atoms with E-state index < -0.39 is 0 Å².